The molecule has 0 aliphatic rings. The van der Waals surface area contributed by atoms with E-state index < -0.39 is 5.54 Å². The summed E-state index contributed by atoms with van der Waals surface area (Å²) in [5, 5.41) is 0. The van der Waals surface area contributed by atoms with Crippen molar-refractivity contribution in [3.63, 3.8) is 0 Å². The Labute approximate surface area is 76.8 Å². The molecule has 1 aromatic heterocycles. The molecule has 0 aromatic carbocycles. The highest BCUT2D eigenvalue weighted by molar-refractivity contribution is 5.36. The molecule has 0 fully saturated rings. The number of aryl methyl sites for hydroxylation is 1. The number of aromatic nitrogens is 2. The number of rotatable bonds is 2. The zero-order valence-electron chi connectivity index (χ0n) is 7.90. The van der Waals surface area contributed by atoms with E-state index >= 15 is 0 Å². The lowest BCUT2D eigenvalue weighted by Gasteiger charge is -2.17. The Morgan fingerprint density at radius 2 is 2.00 bits per heavy atom. The largest absolute Gasteiger partial charge is 0.258 e. The van der Waals surface area contributed by atoms with E-state index in [0.29, 0.717) is 5.69 Å². The second-order valence-electron chi connectivity index (χ2n) is 3.25. The topological polar surface area (TPSA) is 55.2 Å². The van der Waals surface area contributed by atoms with Gasteiger partial charge in [0.1, 0.15) is 5.54 Å². The maximum atomic E-state index is 10.2. The molecule has 4 nitrogen and oxygen atoms in total. The molecule has 0 amide bonds. The van der Waals surface area contributed by atoms with Crippen molar-refractivity contribution in [2.45, 2.75) is 26.3 Å². The van der Waals surface area contributed by atoms with Crippen molar-refractivity contribution in [2.75, 3.05) is 0 Å². The van der Waals surface area contributed by atoms with Crippen LogP contribution in [-0.4, -0.2) is 16.0 Å². The molecular formula is C9H11N3O. The van der Waals surface area contributed by atoms with Gasteiger partial charge in [0.15, 0.2) is 0 Å². The number of hydrogen-bond acceptors (Lipinski definition) is 4. The number of isocyanates is 1. The molecule has 1 rings (SSSR count). The third-order valence-electron chi connectivity index (χ3n) is 1.79. The first-order valence-electron chi connectivity index (χ1n) is 3.95. The lowest BCUT2D eigenvalue weighted by molar-refractivity contribution is 0.507. The molecule has 0 unspecified atom stereocenters. The van der Waals surface area contributed by atoms with Crippen LogP contribution in [-0.2, 0) is 10.3 Å². The first-order chi connectivity index (χ1) is 6.08. The number of hydrogen-bond donors (Lipinski definition) is 0. The van der Waals surface area contributed by atoms with Crippen molar-refractivity contribution >= 4 is 6.08 Å². The molecule has 0 radical (unpaired) electrons. The summed E-state index contributed by atoms with van der Waals surface area (Å²) in [4.78, 5) is 22.1. The summed E-state index contributed by atoms with van der Waals surface area (Å²) in [7, 11) is 0. The van der Waals surface area contributed by atoms with Crippen LogP contribution in [0.15, 0.2) is 17.4 Å². The summed E-state index contributed by atoms with van der Waals surface area (Å²) in [6, 6.07) is 0. The molecule has 0 bridgehead atoms. The Bertz CT molecular complexity index is 354. The van der Waals surface area contributed by atoms with E-state index in [1.165, 1.54) is 0 Å². The lowest BCUT2D eigenvalue weighted by Crippen LogP contribution is -2.17. The van der Waals surface area contributed by atoms with Crippen molar-refractivity contribution in [2.24, 2.45) is 4.99 Å². The molecule has 68 valence electrons. The van der Waals surface area contributed by atoms with Crippen molar-refractivity contribution in [1.82, 2.24) is 9.97 Å². The second-order valence-corrected chi connectivity index (χ2v) is 3.25. The standard InChI is InChI=1S/C9H11N3O/c1-7-8(11-5-4-10-7)9(2,3)12-6-13/h4-5H,1-3H3. The van der Waals surface area contributed by atoms with Gasteiger partial charge in [-0.1, -0.05) is 0 Å². The SMILES string of the molecule is Cc1nccnc1C(C)(C)N=C=O. The van der Waals surface area contributed by atoms with E-state index in [-0.39, 0.29) is 0 Å². The van der Waals surface area contributed by atoms with Crippen LogP contribution in [0.3, 0.4) is 0 Å². The molecule has 0 saturated carbocycles. The summed E-state index contributed by atoms with van der Waals surface area (Å²) in [5.41, 5.74) is 0.852. The first kappa shape index (κ1) is 9.55. The summed E-state index contributed by atoms with van der Waals surface area (Å²) < 4.78 is 0. The highest BCUT2D eigenvalue weighted by atomic mass is 16.1. The Balaban J connectivity index is 3.21. The Kier molecular flexibility index (Phi) is 2.54. The molecule has 0 aliphatic carbocycles. The van der Waals surface area contributed by atoms with Crippen LogP contribution < -0.4 is 0 Å². The molecular weight excluding hydrogens is 166 g/mol. The van der Waals surface area contributed by atoms with E-state index in [4.69, 9.17) is 0 Å². The third-order valence-corrected chi connectivity index (χ3v) is 1.79. The van der Waals surface area contributed by atoms with E-state index in [0.717, 1.165) is 5.69 Å². The Hall–Kier alpha value is -1.54. The molecule has 0 N–H and O–H groups in total. The predicted molar refractivity (Wildman–Crippen MR) is 47.9 cm³/mol. The van der Waals surface area contributed by atoms with Gasteiger partial charge < -0.3 is 0 Å². The zero-order chi connectivity index (χ0) is 9.90. The summed E-state index contributed by atoms with van der Waals surface area (Å²) >= 11 is 0. The lowest BCUT2D eigenvalue weighted by atomic mass is 10.00. The monoisotopic (exact) mass is 177 g/mol. The van der Waals surface area contributed by atoms with Crippen molar-refractivity contribution in [3.8, 4) is 0 Å². The van der Waals surface area contributed by atoms with Gasteiger partial charge in [0, 0.05) is 12.4 Å². The fourth-order valence-corrected chi connectivity index (χ4v) is 1.18. The van der Waals surface area contributed by atoms with Crippen LogP contribution in [0, 0.1) is 6.92 Å². The highest BCUT2D eigenvalue weighted by Gasteiger charge is 2.23. The van der Waals surface area contributed by atoms with E-state index in [9.17, 15) is 4.79 Å². The van der Waals surface area contributed by atoms with Crippen molar-refractivity contribution < 1.29 is 4.79 Å². The Morgan fingerprint density at radius 1 is 1.38 bits per heavy atom. The van der Waals surface area contributed by atoms with Gasteiger partial charge in [-0.3, -0.25) is 9.97 Å². The number of nitrogens with zero attached hydrogens (tertiary/aromatic N) is 3. The van der Waals surface area contributed by atoms with E-state index in [1.54, 1.807) is 32.3 Å². The van der Waals surface area contributed by atoms with Gasteiger partial charge in [0.05, 0.1) is 11.4 Å². The normalized spacial score (nSPS) is 10.7. The maximum absolute atomic E-state index is 10.2. The molecule has 4 heteroatoms. The highest BCUT2D eigenvalue weighted by Crippen LogP contribution is 2.23. The van der Waals surface area contributed by atoms with Crippen LogP contribution in [0.1, 0.15) is 25.2 Å². The average molecular weight is 177 g/mol. The van der Waals surface area contributed by atoms with E-state index in [2.05, 4.69) is 15.0 Å². The van der Waals surface area contributed by atoms with Crippen molar-refractivity contribution in [1.29, 1.82) is 0 Å². The van der Waals surface area contributed by atoms with Crippen LogP contribution >= 0.6 is 0 Å². The number of carbonyl (C=O) groups excluding carboxylic acids is 1. The minimum atomic E-state index is -0.639. The fourth-order valence-electron chi connectivity index (χ4n) is 1.18. The summed E-state index contributed by atoms with van der Waals surface area (Å²) in [6.45, 7) is 5.44. The van der Waals surface area contributed by atoms with Gasteiger partial charge >= 0.3 is 0 Å². The Morgan fingerprint density at radius 3 is 2.54 bits per heavy atom. The summed E-state index contributed by atoms with van der Waals surface area (Å²) in [6.07, 6.45) is 4.74. The van der Waals surface area contributed by atoms with Gasteiger partial charge in [-0.15, -0.1) is 0 Å². The van der Waals surface area contributed by atoms with Gasteiger partial charge in [-0.05, 0) is 20.8 Å². The van der Waals surface area contributed by atoms with E-state index in [1.807, 2.05) is 6.92 Å². The quantitative estimate of drug-likeness (QED) is 0.506. The van der Waals surface area contributed by atoms with Gasteiger partial charge in [-0.25, -0.2) is 4.79 Å². The smallest absolute Gasteiger partial charge is 0.235 e. The third kappa shape index (κ3) is 1.98. The molecule has 0 saturated heterocycles. The molecule has 0 aliphatic heterocycles. The van der Waals surface area contributed by atoms with Gasteiger partial charge in [-0.2, -0.15) is 4.99 Å². The molecule has 0 atom stereocenters. The molecule has 1 aromatic rings. The molecule has 13 heavy (non-hydrogen) atoms. The van der Waals surface area contributed by atoms with Crippen LogP contribution in [0.4, 0.5) is 0 Å². The average Bonchev–Trinajstić information content (AvgIpc) is 2.04. The molecule has 1 heterocycles. The number of aliphatic imine (C=N–C) groups is 1. The maximum Gasteiger partial charge on any atom is 0.235 e. The predicted octanol–water partition coefficient (Wildman–Crippen LogP) is 1.36. The van der Waals surface area contributed by atoms with Gasteiger partial charge in [0.2, 0.25) is 6.08 Å². The molecule has 0 spiro atoms. The van der Waals surface area contributed by atoms with Crippen LogP contribution in [0.5, 0.6) is 0 Å². The van der Waals surface area contributed by atoms with Crippen LogP contribution in [0.2, 0.25) is 0 Å². The second kappa shape index (κ2) is 3.46. The van der Waals surface area contributed by atoms with Gasteiger partial charge in [0.25, 0.3) is 0 Å². The minimum absolute atomic E-state index is 0.639. The minimum Gasteiger partial charge on any atom is -0.258 e. The van der Waals surface area contributed by atoms with Crippen molar-refractivity contribution in [3.05, 3.63) is 23.8 Å². The summed E-state index contributed by atoms with van der Waals surface area (Å²) in [5.74, 6) is 0. The zero-order valence-corrected chi connectivity index (χ0v) is 7.90. The fraction of sp³-hybridized carbons (Fsp3) is 0.444. The first-order valence-corrected chi connectivity index (χ1v) is 3.95. The van der Waals surface area contributed by atoms with Crippen LogP contribution in [0.25, 0.3) is 0 Å².